The van der Waals surface area contributed by atoms with E-state index in [4.69, 9.17) is 4.98 Å². The van der Waals surface area contributed by atoms with Crippen LogP contribution in [-0.4, -0.2) is 40.4 Å². The Kier molecular flexibility index (Phi) is 5.90. The van der Waals surface area contributed by atoms with Gasteiger partial charge in [-0.25, -0.2) is 4.98 Å². The van der Waals surface area contributed by atoms with Gasteiger partial charge in [-0.15, -0.1) is 0 Å². The lowest BCUT2D eigenvalue weighted by atomic mass is 10.1. The average molecular weight is 395 g/mol. The van der Waals surface area contributed by atoms with E-state index in [0.29, 0.717) is 17.9 Å². The standard InChI is InChI=1S/C23H32N5O/c1-4-18(26-19-7-5-6-8-19)11-12-24-22-20(23-25-16(3)28(23)29)14-17-13-15(2)9-10-21(17)27-22/h9-10,13-14,16,18-19,26H,4-8,11-12H2,1-3H3,(H,24,27)/q+1. The first-order valence-electron chi connectivity index (χ1n) is 11.0. The smallest absolute Gasteiger partial charge is 0.369 e. The first kappa shape index (κ1) is 20.0. The maximum atomic E-state index is 12.3. The van der Waals surface area contributed by atoms with Crippen molar-refractivity contribution in [3.8, 4) is 0 Å². The molecule has 2 atom stereocenters. The summed E-state index contributed by atoms with van der Waals surface area (Å²) in [6.07, 6.45) is 7.14. The second-order valence-corrected chi connectivity index (χ2v) is 8.46. The number of hydrogen-bond acceptors (Lipinski definition) is 5. The maximum absolute atomic E-state index is 12.3. The van der Waals surface area contributed by atoms with Gasteiger partial charge in [-0.05, 0) is 55.8 Å². The molecule has 1 aliphatic heterocycles. The van der Waals surface area contributed by atoms with Gasteiger partial charge in [0.05, 0.1) is 5.52 Å². The molecule has 0 saturated heterocycles. The van der Waals surface area contributed by atoms with Crippen molar-refractivity contribution in [2.24, 2.45) is 4.99 Å². The summed E-state index contributed by atoms with van der Waals surface area (Å²) in [5, 5.41) is 8.35. The predicted octanol–water partition coefficient (Wildman–Crippen LogP) is 4.54. The van der Waals surface area contributed by atoms with E-state index in [2.05, 4.69) is 41.6 Å². The number of aromatic nitrogens is 1. The van der Waals surface area contributed by atoms with Gasteiger partial charge in [0, 0.05) is 35.7 Å². The van der Waals surface area contributed by atoms with Gasteiger partial charge in [0.25, 0.3) is 0 Å². The molecule has 1 fully saturated rings. The number of nitrogens with one attached hydrogen (secondary N) is 2. The Balaban J connectivity index is 1.51. The molecule has 1 aliphatic carbocycles. The van der Waals surface area contributed by atoms with Gasteiger partial charge in [0.1, 0.15) is 11.4 Å². The molecule has 0 bridgehead atoms. The summed E-state index contributed by atoms with van der Waals surface area (Å²) in [7, 11) is 0. The number of nitroso groups, excluding NO2 is 1. The number of hydrogen-bond donors (Lipinski definition) is 2. The van der Waals surface area contributed by atoms with E-state index in [1.165, 1.54) is 31.2 Å². The molecule has 4 rings (SSSR count). The Labute approximate surface area is 172 Å². The molecule has 1 aromatic carbocycles. The molecule has 29 heavy (non-hydrogen) atoms. The molecule has 2 aliphatic rings. The lowest BCUT2D eigenvalue weighted by Crippen LogP contribution is -2.39. The monoisotopic (exact) mass is 394 g/mol. The number of pyridine rings is 1. The largest absolute Gasteiger partial charge is 0.376 e. The lowest BCUT2D eigenvalue weighted by Gasteiger charge is -2.22. The van der Waals surface area contributed by atoms with E-state index in [9.17, 15) is 4.91 Å². The summed E-state index contributed by atoms with van der Waals surface area (Å²) in [5.74, 6) is 1.23. The molecular formula is C23H32N5O+. The average Bonchev–Trinajstić information content (AvgIpc) is 3.23. The molecule has 1 saturated carbocycles. The van der Waals surface area contributed by atoms with Crippen LogP contribution in [0.25, 0.3) is 10.9 Å². The fourth-order valence-corrected chi connectivity index (χ4v) is 4.39. The number of rotatable bonds is 8. The van der Waals surface area contributed by atoms with Gasteiger partial charge in [0.2, 0.25) is 0 Å². The highest BCUT2D eigenvalue weighted by atomic mass is 16.3. The Morgan fingerprint density at radius 3 is 2.72 bits per heavy atom. The van der Waals surface area contributed by atoms with Crippen LogP contribution < -0.4 is 10.6 Å². The van der Waals surface area contributed by atoms with Crippen LogP contribution in [0, 0.1) is 11.8 Å². The summed E-state index contributed by atoms with van der Waals surface area (Å²) in [5.41, 5.74) is 2.91. The van der Waals surface area contributed by atoms with Crippen LogP contribution in [0.15, 0.2) is 29.3 Å². The van der Waals surface area contributed by atoms with E-state index >= 15 is 0 Å². The fourth-order valence-electron chi connectivity index (χ4n) is 4.39. The van der Waals surface area contributed by atoms with Crippen molar-refractivity contribution in [2.75, 3.05) is 11.9 Å². The number of fused-ring (bicyclic) bond motifs is 1. The molecule has 0 spiro atoms. The van der Waals surface area contributed by atoms with Crippen molar-refractivity contribution in [3.63, 3.8) is 0 Å². The summed E-state index contributed by atoms with van der Waals surface area (Å²) in [6, 6.07) is 9.44. The number of amidine groups is 1. The van der Waals surface area contributed by atoms with Gasteiger partial charge in [-0.2, -0.15) is 0 Å². The Hall–Kier alpha value is -2.34. The molecule has 0 amide bonds. The Morgan fingerprint density at radius 2 is 2.03 bits per heavy atom. The van der Waals surface area contributed by atoms with Crippen molar-refractivity contribution < 1.29 is 4.76 Å². The minimum atomic E-state index is -0.314. The number of nitrogens with zero attached hydrogens (tertiary/aromatic N) is 3. The third kappa shape index (κ3) is 4.32. The molecule has 2 N–H and O–H groups in total. The number of benzene rings is 1. The van der Waals surface area contributed by atoms with Crippen molar-refractivity contribution >= 4 is 22.6 Å². The second kappa shape index (κ2) is 8.57. The quantitative estimate of drug-likeness (QED) is 0.645. The van der Waals surface area contributed by atoms with Crippen molar-refractivity contribution in [1.82, 2.24) is 10.3 Å². The number of anilines is 1. The van der Waals surface area contributed by atoms with Crippen LogP contribution >= 0.6 is 0 Å². The first-order chi connectivity index (χ1) is 14.0. The van der Waals surface area contributed by atoms with Crippen LogP contribution in [0.3, 0.4) is 0 Å². The Bertz CT molecular complexity index is 932. The van der Waals surface area contributed by atoms with Crippen LogP contribution in [0.2, 0.25) is 0 Å². The molecule has 6 nitrogen and oxygen atoms in total. The molecule has 6 heteroatoms. The third-order valence-electron chi connectivity index (χ3n) is 6.17. The summed E-state index contributed by atoms with van der Waals surface area (Å²) < 4.78 is 0.973. The molecule has 2 unspecified atom stereocenters. The van der Waals surface area contributed by atoms with Crippen molar-refractivity contribution in [3.05, 3.63) is 40.3 Å². The van der Waals surface area contributed by atoms with Crippen molar-refractivity contribution in [2.45, 2.75) is 77.5 Å². The van der Waals surface area contributed by atoms with E-state index in [0.717, 1.165) is 46.4 Å². The van der Waals surface area contributed by atoms with Crippen molar-refractivity contribution in [1.29, 1.82) is 0 Å². The summed E-state index contributed by atoms with van der Waals surface area (Å²) in [6.45, 7) is 6.94. The SMILES string of the molecule is CCC(CCNc1nc2ccc(C)cc2cc1C1=NC(C)[N+]1=O)NC1CCCC1. The van der Waals surface area contributed by atoms with Crippen LogP contribution in [0.1, 0.15) is 63.5 Å². The zero-order valence-electron chi connectivity index (χ0n) is 17.7. The van der Waals surface area contributed by atoms with Gasteiger partial charge in [-0.1, -0.05) is 36.3 Å². The summed E-state index contributed by atoms with van der Waals surface area (Å²) >= 11 is 0. The first-order valence-corrected chi connectivity index (χ1v) is 11.0. The predicted molar refractivity (Wildman–Crippen MR) is 119 cm³/mol. The molecule has 154 valence electrons. The van der Waals surface area contributed by atoms with E-state index in [1.54, 1.807) is 0 Å². The fraction of sp³-hybridized carbons (Fsp3) is 0.565. The van der Waals surface area contributed by atoms with Gasteiger partial charge >= 0.3 is 12.0 Å². The topological polar surface area (TPSA) is 69.4 Å². The second-order valence-electron chi connectivity index (χ2n) is 8.46. The Morgan fingerprint density at radius 1 is 1.24 bits per heavy atom. The highest BCUT2D eigenvalue weighted by Crippen LogP contribution is 2.26. The highest BCUT2D eigenvalue weighted by molar-refractivity contribution is 6.02. The zero-order valence-corrected chi connectivity index (χ0v) is 17.7. The van der Waals surface area contributed by atoms with E-state index in [1.807, 2.05) is 19.1 Å². The molecular weight excluding hydrogens is 362 g/mol. The number of aryl methyl sites for hydroxylation is 1. The minimum Gasteiger partial charge on any atom is -0.369 e. The lowest BCUT2D eigenvalue weighted by molar-refractivity contribution is -0.497. The molecule has 2 heterocycles. The van der Waals surface area contributed by atoms with Gasteiger partial charge in [0.15, 0.2) is 0 Å². The molecule has 2 aromatic rings. The molecule has 0 radical (unpaired) electrons. The van der Waals surface area contributed by atoms with E-state index < -0.39 is 0 Å². The maximum Gasteiger partial charge on any atom is 0.376 e. The third-order valence-corrected chi connectivity index (χ3v) is 6.17. The highest BCUT2D eigenvalue weighted by Gasteiger charge is 2.42. The van der Waals surface area contributed by atoms with Gasteiger partial charge in [-0.3, -0.25) is 0 Å². The van der Waals surface area contributed by atoms with E-state index in [-0.39, 0.29) is 6.17 Å². The summed E-state index contributed by atoms with van der Waals surface area (Å²) in [4.78, 5) is 21.5. The van der Waals surface area contributed by atoms with Gasteiger partial charge < -0.3 is 10.6 Å². The minimum absolute atomic E-state index is 0.314. The van der Waals surface area contributed by atoms with Crippen LogP contribution in [0.4, 0.5) is 5.82 Å². The van der Waals surface area contributed by atoms with Crippen LogP contribution in [-0.2, 0) is 0 Å². The number of aliphatic imine (C=N–C) groups is 1. The zero-order chi connectivity index (χ0) is 20.4. The molecule has 1 aromatic heterocycles. The normalized spacial score (nSPS) is 20.6. The van der Waals surface area contributed by atoms with Crippen LogP contribution in [0.5, 0.6) is 0 Å².